The molecule has 0 heterocycles. The van der Waals surface area contributed by atoms with Gasteiger partial charge in [-0.3, -0.25) is 4.79 Å². The van der Waals surface area contributed by atoms with Crippen LogP contribution < -0.4 is 0 Å². The van der Waals surface area contributed by atoms with E-state index in [4.69, 9.17) is 4.74 Å². The van der Waals surface area contributed by atoms with Gasteiger partial charge in [-0.2, -0.15) is 0 Å². The van der Waals surface area contributed by atoms with Gasteiger partial charge in [0.1, 0.15) is 6.10 Å². The molecule has 236 valence electrons. The minimum absolute atomic E-state index is 0.148. The normalized spacial score (nSPS) is 12.6. The van der Waals surface area contributed by atoms with Crippen LogP contribution in [0.15, 0.2) is 24.3 Å². The van der Waals surface area contributed by atoms with E-state index < -0.39 is 0 Å². The third kappa shape index (κ3) is 33.2. The van der Waals surface area contributed by atoms with E-state index in [2.05, 4.69) is 38.2 Å². The van der Waals surface area contributed by atoms with Crippen LogP contribution in [0.2, 0.25) is 0 Å². The smallest absolute Gasteiger partial charge is 0.293 e. The zero-order chi connectivity index (χ0) is 29.0. The van der Waals surface area contributed by atoms with Crippen molar-refractivity contribution in [2.75, 3.05) is 0 Å². The highest BCUT2D eigenvalue weighted by molar-refractivity contribution is 5.37. The van der Waals surface area contributed by atoms with Crippen molar-refractivity contribution < 1.29 is 9.53 Å². The number of carbonyl (C=O) groups excluding carboxylic acids is 1. The van der Waals surface area contributed by atoms with Gasteiger partial charge in [-0.25, -0.2) is 0 Å². The Morgan fingerprint density at radius 1 is 0.425 bits per heavy atom. The van der Waals surface area contributed by atoms with Crippen LogP contribution in [0.4, 0.5) is 0 Å². The average Bonchev–Trinajstić information content (AvgIpc) is 2.96. The van der Waals surface area contributed by atoms with Crippen molar-refractivity contribution in [2.45, 2.75) is 213 Å². The van der Waals surface area contributed by atoms with Gasteiger partial charge in [0.25, 0.3) is 6.47 Å². The van der Waals surface area contributed by atoms with E-state index in [1.807, 2.05) is 0 Å². The van der Waals surface area contributed by atoms with E-state index in [1.54, 1.807) is 0 Å². The maximum Gasteiger partial charge on any atom is 0.293 e. The summed E-state index contributed by atoms with van der Waals surface area (Å²) in [6.45, 7) is 5.23. The SMILES string of the molecule is CCCCC/C=C\C/C=C\CCCCCCCCC(CCCCCCCCCCCCCCCCCC)OC=O. The second-order valence-electron chi connectivity index (χ2n) is 12.3. The van der Waals surface area contributed by atoms with Crippen LogP contribution in [0.5, 0.6) is 0 Å². The van der Waals surface area contributed by atoms with Crippen molar-refractivity contribution in [1.82, 2.24) is 0 Å². The lowest BCUT2D eigenvalue weighted by Gasteiger charge is -2.15. The zero-order valence-electron chi connectivity index (χ0n) is 27.5. The number of allylic oxidation sites excluding steroid dienone is 4. The summed E-state index contributed by atoms with van der Waals surface area (Å²) >= 11 is 0. The Labute approximate surface area is 252 Å². The Hall–Kier alpha value is -1.05. The zero-order valence-corrected chi connectivity index (χ0v) is 27.5. The number of rotatable bonds is 34. The Morgan fingerprint density at radius 3 is 1.15 bits per heavy atom. The van der Waals surface area contributed by atoms with Crippen LogP contribution in [0.3, 0.4) is 0 Å². The second kappa shape index (κ2) is 36.0. The molecule has 0 bridgehead atoms. The predicted molar refractivity (Wildman–Crippen MR) is 179 cm³/mol. The second-order valence-corrected chi connectivity index (χ2v) is 12.3. The van der Waals surface area contributed by atoms with Gasteiger partial charge in [-0.1, -0.05) is 173 Å². The van der Waals surface area contributed by atoms with E-state index >= 15 is 0 Å². The molecule has 40 heavy (non-hydrogen) atoms. The molecule has 0 N–H and O–H groups in total. The molecule has 0 fully saturated rings. The predicted octanol–water partition coefficient (Wildman–Crippen LogP) is 13.4. The number of carbonyl (C=O) groups is 1. The van der Waals surface area contributed by atoms with Crippen LogP contribution in [-0.2, 0) is 9.53 Å². The van der Waals surface area contributed by atoms with Crippen LogP contribution >= 0.6 is 0 Å². The van der Waals surface area contributed by atoms with E-state index in [9.17, 15) is 4.79 Å². The topological polar surface area (TPSA) is 26.3 Å². The molecule has 0 amide bonds. The Bertz CT molecular complexity index is 524. The first-order valence-electron chi connectivity index (χ1n) is 18.2. The molecule has 0 aliphatic rings. The van der Waals surface area contributed by atoms with Crippen LogP contribution in [0.25, 0.3) is 0 Å². The minimum Gasteiger partial charge on any atom is -0.465 e. The van der Waals surface area contributed by atoms with Gasteiger partial charge in [0.2, 0.25) is 0 Å². The number of ether oxygens (including phenoxy) is 1. The summed E-state index contributed by atoms with van der Waals surface area (Å²) in [5, 5.41) is 0. The van der Waals surface area contributed by atoms with Gasteiger partial charge in [-0.05, 0) is 57.8 Å². The lowest BCUT2D eigenvalue weighted by molar-refractivity contribution is -0.134. The van der Waals surface area contributed by atoms with Crippen molar-refractivity contribution >= 4 is 6.47 Å². The Morgan fingerprint density at radius 2 is 0.750 bits per heavy atom. The molecule has 1 unspecified atom stereocenters. The molecule has 2 nitrogen and oxygen atoms in total. The number of hydrogen-bond acceptors (Lipinski definition) is 2. The standard InChI is InChI=1S/C38H72O2/c1-3-5-7-9-11-13-15-17-19-21-23-25-27-29-31-33-35-38(40-37-39)36-34-32-30-28-26-24-22-20-18-16-14-12-10-8-6-4-2/h11,13,17,19,37-38H,3-10,12,14-16,18,20-36H2,1-2H3/b13-11-,19-17-. The third-order valence-electron chi connectivity index (χ3n) is 8.35. The first-order chi connectivity index (χ1) is 19.8. The average molecular weight is 561 g/mol. The van der Waals surface area contributed by atoms with E-state index in [0.29, 0.717) is 6.47 Å². The number of unbranched alkanes of at least 4 members (excludes halogenated alkanes) is 24. The van der Waals surface area contributed by atoms with Crippen molar-refractivity contribution in [3.63, 3.8) is 0 Å². The fourth-order valence-electron chi connectivity index (χ4n) is 5.64. The Balaban J connectivity index is 3.43. The van der Waals surface area contributed by atoms with Gasteiger partial charge in [0, 0.05) is 0 Å². The highest BCUT2D eigenvalue weighted by atomic mass is 16.5. The molecule has 0 saturated heterocycles. The molecule has 0 aromatic heterocycles. The molecule has 0 saturated carbocycles. The molecule has 0 aliphatic carbocycles. The van der Waals surface area contributed by atoms with Crippen molar-refractivity contribution in [2.24, 2.45) is 0 Å². The summed E-state index contributed by atoms with van der Waals surface area (Å²) in [6.07, 6.45) is 49.3. The minimum atomic E-state index is 0.148. The molecule has 0 rings (SSSR count). The highest BCUT2D eigenvalue weighted by Crippen LogP contribution is 2.17. The first-order valence-corrected chi connectivity index (χ1v) is 18.2. The summed E-state index contributed by atoms with van der Waals surface area (Å²) in [4.78, 5) is 10.9. The molecule has 0 radical (unpaired) electrons. The fraction of sp³-hybridized carbons (Fsp3) is 0.868. The van der Waals surface area contributed by atoms with Gasteiger partial charge in [0.05, 0.1) is 0 Å². The number of hydrogen-bond donors (Lipinski definition) is 0. The van der Waals surface area contributed by atoms with Crippen molar-refractivity contribution in [1.29, 1.82) is 0 Å². The molecule has 0 aliphatic heterocycles. The van der Waals surface area contributed by atoms with Crippen LogP contribution in [0.1, 0.15) is 206 Å². The lowest BCUT2D eigenvalue weighted by atomic mass is 10.0. The Kier molecular flexibility index (Phi) is 35.0. The van der Waals surface area contributed by atoms with Gasteiger partial charge < -0.3 is 4.74 Å². The van der Waals surface area contributed by atoms with Gasteiger partial charge in [-0.15, -0.1) is 0 Å². The first kappa shape index (κ1) is 39.0. The van der Waals surface area contributed by atoms with E-state index in [-0.39, 0.29) is 6.10 Å². The molecule has 1 atom stereocenters. The fourth-order valence-corrected chi connectivity index (χ4v) is 5.64. The quantitative estimate of drug-likeness (QED) is 0.0444. The van der Waals surface area contributed by atoms with E-state index in [0.717, 1.165) is 19.3 Å². The molecule has 0 aromatic carbocycles. The van der Waals surface area contributed by atoms with Crippen molar-refractivity contribution in [3.8, 4) is 0 Å². The molecular formula is C38H72O2. The van der Waals surface area contributed by atoms with Gasteiger partial charge in [0.15, 0.2) is 0 Å². The molecule has 0 aromatic rings. The van der Waals surface area contributed by atoms with Crippen LogP contribution in [-0.4, -0.2) is 12.6 Å². The summed E-state index contributed by atoms with van der Waals surface area (Å²) in [6, 6.07) is 0. The monoisotopic (exact) mass is 561 g/mol. The van der Waals surface area contributed by atoms with Gasteiger partial charge >= 0.3 is 0 Å². The maximum atomic E-state index is 10.9. The lowest BCUT2D eigenvalue weighted by Crippen LogP contribution is -2.12. The summed E-state index contributed by atoms with van der Waals surface area (Å²) in [5.41, 5.74) is 0. The molecular weight excluding hydrogens is 488 g/mol. The molecule has 2 heteroatoms. The third-order valence-corrected chi connectivity index (χ3v) is 8.35. The summed E-state index contributed by atoms with van der Waals surface area (Å²) in [7, 11) is 0. The summed E-state index contributed by atoms with van der Waals surface area (Å²) in [5.74, 6) is 0. The van der Waals surface area contributed by atoms with Crippen molar-refractivity contribution in [3.05, 3.63) is 24.3 Å². The highest BCUT2D eigenvalue weighted by Gasteiger charge is 2.08. The maximum absolute atomic E-state index is 10.9. The molecule has 0 spiro atoms. The van der Waals surface area contributed by atoms with E-state index in [1.165, 1.54) is 173 Å². The largest absolute Gasteiger partial charge is 0.465 e. The van der Waals surface area contributed by atoms with Crippen LogP contribution in [0, 0.1) is 0 Å². The summed E-state index contributed by atoms with van der Waals surface area (Å²) < 4.78 is 5.40.